The highest BCUT2D eigenvalue weighted by molar-refractivity contribution is 5.94. The molecule has 5 atom stereocenters. The van der Waals surface area contributed by atoms with Crippen molar-refractivity contribution in [1.29, 1.82) is 0 Å². The highest BCUT2D eigenvalue weighted by atomic mass is 16.4. The van der Waals surface area contributed by atoms with Gasteiger partial charge in [-0.3, -0.25) is 19.2 Å². The summed E-state index contributed by atoms with van der Waals surface area (Å²) in [4.78, 5) is 61.1. The number of hydrogen-bond acceptors (Lipinski definition) is 6. The number of carbonyl (C=O) groups is 5. The number of hydrogen-bond donors (Lipinski definition) is 6. The minimum Gasteiger partial charge on any atom is -0.480 e. The number of amides is 4. The van der Waals surface area contributed by atoms with E-state index in [0.29, 0.717) is 6.42 Å². The van der Waals surface area contributed by atoms with Crippen LogP contribution in [0.3, 0.4) is 0 Å². The molecule has 0 aromatic rings. The minimum absolute atomic E-state index is 0.000880. The Morgan fingerprint density at radius 1 is 0.848 bits per heavy atom. The van der Waals surface area contributed by atoms with Gasteiger partial charge in [-0.2, -0.15) is 0 Å². The smallest absolute Gasteiger partial charge is 0.326 e. The molecule has 5 unspecified atom stereocenters. The van der Waals surface area contributed by atoms with Crippen molar-refractivity contribution in [3.05, 3.63) is 0 Å². The second kappa shape index (κ2) is 14.5. The van der Waals surface area contributed by atoms with Crippen LogP contribution in [0.15, 0.2) is 0 Å². The summed E-state index contributed by atoms with van der Waals surface area (Å²) >= 11 is 0. The van der Waals surface area contributed by atoms with E-state index in [4.69, 9.17) is 11.5 Å². The maximum atomic E-state index is 13.0. The number of carbonyl (C=O) groups excluding carboxylic acids is 4. The first kappa shape index (κ1) is 30.3. The molecule has 0 rings (SSSR count). The first-order valence-electron chi connectivity index (χ1n) is 11.4. The van der Waals surface area contributed by atoms with Crippen LogP contribution in [0.5, 0.6) is 0 Å². The molecule has 0 aliphatic rings. The lowest BCUT2D eigenvalue weighted by Gasteiger charge is -2.27. The Bertz CT molecular complexity index is 697. The van der Waals surface area contributed by atoms with Crippen molar-refractivity contribution >= 4 is 29.6 Å². The summed E-state index contributed by atoms with van der Waals surface area (Å²) in [5.74, 6) is -4.20. The molecule has 0 aromatic heterocycles. The SMILES string of the molecule is CCC(C)C(NC(=O)C(CC(C)C)NC(=O)C(CCC(N)=O)NC(=O)C(N)C(C)C)C(=O)O. The number of rotatable bonds is 15. The molecule has 0 aromatic carbocycles. The third-order valence-electron chi connectivity index (χ3n) is 5.45. The normalized spacial score (nSPS) is 15.8. The van der Waals surface area contributed by atoms with Gasteiger partial charge in [0.1, 0.15) is 18.1 Å². The van der Waals surface area contributed by atoms with E-state index >= 15 is 0 Å². The van der Waals surface area contributed by atoms with Crippen LogP contribution in [0.4, 0.5) is 0 Å². The van der Waals surface area contributed by atoms with Crippen molar-refractivity contribution in [1.82, 2.24) is 16.0 Å². The van der Waals surface area contributed by atoms with Crippen molar-refractivity contribution in [2.75, 3.05) is 0 Å². The summed E-state index contributed by atoms with van der Waals surface area (Å²) in [6, 6.07) is -4.14. The van der Waals surface area contributed by atoms with Crippen LogP contribution in [0, 0.1) is 17.8 Å². The second-order valence-electron chi connectivity index (χ2n) is 9.24. The van der Waals surface area contributed by atoms with Crippen LogP contribution < -0.4 is 27.4 Å². The minimum atomic E-state index is -1.17. The lowest BCUT2D eigenvalue weighted by atomic mass is 9.97. The third-order valence-corrected chi connectivity index (χ3v) is 5.45. The Hall–Kier alpha value is -2.69. The fourth-order valence-corrected chi connectivity index (χ4v) is 3.04. The van der Waals surface area contributed by atoms with E-state index in [0.717, 1.165) is 0 Å². The summed E-state index contributed by atoms with van der Waals surface area (Å²) in [6.45, 7) is 10.7. The molecule has 0 heterocycles. The molecule has 0 saturated carbocycles. The van der Waals surface area contributed by atoms with Gasteiger partial charge in [0, 0.05) is 6.42 Å². The molecule has 33 heavy (non-hydrogen) atoms. The van der Waals surface area contributed by atoms with Gasteiger partial charge in [0.05, 0.1) is 6.04 Å². The average molecular weight is 472 g/mol. The predicted octanol–water partition coefficient (Wildman–Crippen LogP) is -0.134. The molecule has 0 spiro atoms. The predicted molar refractivity (Wildman–Crippen MR) is 124 cm³/mol. The van der Waals surface area contributed by atoms with Crippen molar-refractivity contribution in [3.8, 4) is 0 Å². The van der Waals surface area contributed by atoms with Crippen LogP contribution in [-0.4, -0.2) is 58.9 Å². The maximum absolute atomic E-state index is 13.0. The van der Waals surface area contributed by atoms with Gasteiger partial charge in [-0.15, -0.1) is 0 Å². The average Bonchev–Trinajstić information content (AvgIpc) is 2.71. The van der Waals surface area contributed by atoms with Crippen LogP contribution >= 0.6 is 0 Å². The van der Waals surface area contributed by atoms with Gasteiger partial charge in [0.2, 0.25) is 23.6 Å². The van der Waals surface area contributed by atoms with E-state index in [1.807, 2.05) is 20.8 Å². The first-order chi connectivity index (χ1) is 15.2. The molecule has 0 fully saturated rings. The van der Waals surface area contributed by atoms with E-state index in [9.17, 15) is 29.1 Å². The molecule has 0 bridgehead atoms. The van der Waals surface area contributed by atoms with Gasteiger partial charge in [-0.1, -0.05) is 48.0 Å². The fourth-order valence-electron chi connectivity index (χ4n) is 3.04. The van der Waals surface area contributed by atoms with Crippen molar-refractivity contribution in [2.45, 2.75) is 91.4 Å². The molecule has 190 valence electrons. The number of nitrogens with one attached hydrogen (secondary N) is 3. The lowest BCUT2D eigenvalue weighted by molar-refractivity contribution is -0.144. The summed E-state index contributed by atoms with van der Waals surface area (Å²) in [6.07, 6.45) is 0.548. The topological polar surface area (TPSA) is 194 Å². The Balaban J connectivity index is 5.62. The Morgan fingerprint density at radius 2 is 1.36 bits per heavy atom. The number of primary amides is 1. The Kier molecular flexibility index (Phi) is 13.3. The van der Waals surface area contributed by atoms with Gasteiger partial charge >= 0.3 is 5.97 Å². The second-order valence-corrected chi connectivity index (χ2v) is 9.24. The molecule has 4 amide bonds. The molecule has 0 aliphatic carbocycles. The number of nitrogens with two attached hydrogens (primary N) is 2. The molecular weight excluding hydrogens is 430 g/mol. The molecule has 0 radical (unpaired) electrons. The summed E-state index contributed by atoms with van der Waals surface area (Å²) in [7, 11) is 0. The molecule has 0 saturated heterocycles. The third kappa shape index (κ3) is 11.1. The summed E-state index contributed by atoms with van der Waals surface area (Å²) in [5, 5.41) is 17.1. The number of aliphatic carboxylic acids is 1. The maximum Gasteiger partial charge on any atom is 0.326 e. The zero-order valence-corrected chi connectivity index (χ0v) is 20.5. The van der Waals surface area contributed by atoms with Crippen molar-refractivity contribution in [2.24, 2.45) is 29.2 Å². The van der Waals surface area contributed by atoms with E-state index in [-0.39, 0.29) is 37.0 Å². The van der Waals surface area contributed by atoms with Crippen LogP contribution in [0.1, 0.15) is 67.2 Å². The zero-order chi connectivity index (χ0) is 25.9. The van der Waals surface area contributed by atoms with E-state index in [2.05, 4.69) is 16.0 Å². The standard InChI is InChI=1S/C22H41N5O6/c1-7-13(6)18(22(32)33)27-20(30)15(10-11(2)3)26-19(29)14(8-9-16(23)28)25-21(31)17(24)12(4)5/h11-15,17-18H,7-10,24H2,1-6H3,(H2,23,28)(H,25,31)(H,26,29)(H,27,30)(H,32,33). The highest BCUT2D eigenvalue weighted by Gasteiger charge is 2.32. The summed E-state index contributed by atoms with van der Waals surface area (Å²) < 4.78 is 0. The van der Waals surface area contributed by atoms with Gasteiger partial charge < -0.3 is 32.5 Å². The van der Waals surface area contributed by atoms with E-state index in [1.165, 1.54) is 0 Å². The zero-order valence-electron chi connectivity index (χ0n) is 20.5. The monoisotopic (exact) mass is 471 g/mol. The van der Waals surface area contributed by atoms with Gasteiger partial charge in [0.25, 0.3) is 0 Å². The van der Waals surface area contributed by atoms with E-state index in [1.54, 1.807) is 20.8 Å². The van der Waals surface area contributed by atoms with Crippen molar-refractivity contribution < 1.29 is 29.1 Å². The van der Waals surface area contributed by atoms with Gasteiger partial charge in [-0.05, 0) is 30.6 Å². The number of carboxylic acid groups (broad SMARTS) is 1. The number of carboxylic acids is 1. The van der Waals surface area contributed by atoms with Crippen LogP contribution in [0.25, 0.3) is 0 Å². The molecule has 11 heteroatoms. The largest absolute Gasteiger partial charge is 0.480 e. The quantitative estimate of drug-likeness (QED) is 0.191. The molecular formula is C22H41N5O6. The van der Waals surface area contributed by atoms with Crippen LogP contribution in [0.2, 0.25) is 0 Å². The lowest BCUT2D eigenvalue weighted by Crippen LogP contribution is -2.58. The highest BCUT2D eigenvalue weighted by Crippen LogP contribution is 2.11. The van der Waals surface area contributed by atoms with Crippen molar-refractivity contribution in [3.63, 3.8) is 0 Å². The Morgan fingerprint density at radius 3 is 1.79 bits per heavy atom. The summed E-state index contributed by atoms with van der Waals surface area (Å²) in [5.41, 5.74) is 11.0. The molecule has 8 N–H and O–H groups in total. The van der Waals surface area contributed by atoms with E-state index < -0.39 is 53.8 Å². The first-order valence-corrected chi connectivity index (χ1v) is 11.4. The van der Waals surface area contributed by atoms with Crippen LogP contribution in [-0.2, 0) is 24.0 Å². The molecule has 0 aliphatic heterocycles. The fraction of sp³-hybridized carbons (Fsp3) is 0.773. The molecule has 11 nitrogen and oxygen atoms in total. The van der Waals surface area contributed by atoms with Gasteiger partial charge in [0.15, 0.2) is 0 Å². The Labute approximate surface area is 195 Å². The van der Waals surface area contributed by atoms with Gasteiger partial charge in [-0.25, -0.2) is 4.79 Å².